The number of piperidine rings is 1. The van der Waals surface area contributed by atoms with Crippen molar-refractivity contribution in [3.05, 3.63) is 69.3 Å². The summed E-state index contributed by atoms with van der Waals surface area (Å²) in [4.78, 5) is 29.9. The number of rotatable bonds is 3. The Balaban J connectivity index is 1.77. The number of benzene rings is 2. The molecule has 1 fully saturated rings. The molecule has 4 rings (SSSR count). The molecule has 0 spiro atoms. The van der Waals surface area contributed by atoms with E-state index in [2.05, 4.69) is 9.89 Å². The zero-order valence-corrected chi connectivity index (χ0v) is 14.4. The Bertz CT molecular complexity index is 914. The smallest absolute Gasteiger partial charge is 0.293 e. The Morgan fingerprint density at radius 2 is 1.73 bits per heavy atom. The third-order valence-corrected chi connectivity index (χ3v) is 5.01. The van der Waals surface area contributed by atoms with Gasteiger partial charge in [0.1, 0.15) is 12.2 Å². The van der Waals surface area contributed by atoms with E-state index in [4.69, 9.17) is 0 Å². The summed E-state index contributed by atoms with van der Waals surface area (Å²) >= 11 is 0. The van der Waals surface area contributed by atoms with Crippen LogP contribution in [-0.4, -0.2) is 36.1 Å². The maximum Gasteiger partial charge on any atom is 0.293 e. The van der Waals surface area contributed by atoms with Crippen molar-refractivity contribution in [1.29, 1.82) is 0 Å². The number of nitro groups is 1. The lowest BCUT2D eigenvalue weighted by Gasteiger charge is -2.28. The predicted molar refractivity (Wildman–Crippen MR) is 100 cm³/mol. The minimum Gasteiger partial charge on any atom is -0.366 e. The molecular formula is C20H19N3O3. The van der Waals surface area contributed by atoms with Gasteiger partial charge in [-0.3, -0.25) is 19.9 Å². The molecule has 1 saturated heterocycles. The van der Waals surface area contributed by atoms with Gasteiger partial charge >= 0.3 is 0 Å². The molecule has 0 aliphatic carbocycles. The van der Waals surface area contributed by atoms with Crippen LogP contribution in [0.15, 0.2) is 47.5 Å². The highest BCUT2D eigenvalue weighted by Crippen LogP contribution is 2.33. The number of hydrogen-bond donors (Lipinski definition) is 0. The quantitative estimate of drug-likeness (QED) is 0.626. The summed E-state index contributed by atoms with van der Waals surface area (Å²) in [5.41, 5.74) is 3.45. The molecule has 0 bridgehead atoms. The largest absolute Gasteiger partial charge is 0.366 e. The van der Waals surface area contributed by atoms with Crippen molar-refractivity contribution in [3.8, 4) is 0 Å². The first-order valence-corrected chi connectivity index (χ1v) is 8.86. The van der Waals surface area contributed by atoms with Crippen LogP contribution in [0, 0.1) is 10.1 Å². The van der Waals surface area contributed by atoms with Gasteiger partial charge in [-0.15, -0.1) is 0 Å². The van der Waals surface area contributed by atoms with Crippen molar-refractivity contribution in [3.63, 3.8) is 0 Å². The molecule has 2 heterocycles. The van der Waals surface area contributed by atoms with Crippen LogP contribution < -0.4 is 4.90 Å². The molecule has 0 unspecified atom stereocenters. The van der Waals surface area contributed by atoms with Crippen LogP contribution in [0.4, 0.5) is 11.4 Å². The van der Waals surface area contributed by atoms with E-state index in [9.17, 15) is 14.9 Å². The monoisotopic (exact) mass is 349 g/mol. The van der Waals surface area contributed by atoms with Gasteiger partial charge < -0.3 is 4.90 Å². The van der Waals surface area contributed by atoms with E-state index in [1.165, 1.54) is 6.42 Å². The molecule has 6 nitrogen and oxygen atoms in total. The molecule has 6 heteroatoms. The lowest BCUT2D eigenvalue weighted by atomic mass is 9.92. The Kier molecular flexibility index (Phi) is 4.24. The summed E-state index contributed by atoms with van der Waals surface area (Å²) in [6.07, 6.45) is 3.28. The van der Waals surface area contributed by atoms with E-state index in [1.54, 1.807) is 12.1 Å². The summed E-state index contributed by atoms with van der Waals surface area (Å²) in [6.45, 7) is 1.77. The zero-order chi connectivity index (χ0) is 18.1. The normalized spacial score (nSPS) is 16.8. The highest BCUT2D eigenvalue weighted by Gasteiger charge is 2.25. The molecular weight excluding hydrogens is 330 g/mol. The number of nitrogens with zero attached hydrogens (tertiary/aromatic N) is 3. The second kappa shape index (κ2) is 6.71. The molecule has 2 aromatic rings. The standard InChI is InChI=1S/C20H19N3O3/c24-19-13-21-20(16-7-3-2-6-15(16)19)14-8-9-17(18(12-14)23(25)26)22-10-4-1-5-11-22/h2-3,6-9,12H,1,4-5,10-11,13H2. The highest BCUT2D eigenvalue weighted by atomic mass is 16.6. The number of anilines is 1. The summed E-state index contributed by atoms with van der Waals surface area (Å²) < 4.78 is 0. The second-order valence-corrected chi connectivity index (χ2v) is 6.64. The van der Waals surface area contributed by atoms with Gasteiger partial charge in [0, 0.05) is 35.8 Å². The summed E-state index contributed by atoms with van der Waals surface area (Å²) in [6, 6.07) is 12.6. The first kappa shape index (κ1) is 16.4. The Morgan fingerprint density at radius 1 is 1.00 bits per heavy atom. The molecule has 2 aromatic carbocycles. The number of hydrogen-bond acceptors (Lipinski definition) is 5. The summed E-state index contributed by atoms with van der Waals surface area (Å²) in [5.74, 6) is -0.0243. The maximum absolute atomic E-state index is 12.1. The lowest BCUT2D eigenvalue weighted by molar-refractivity contribution is -0.384. The number of nitro benzene ring substituents is 1. The molecule has 0 radical (unpaired) electrons. The van der Waals surface area contributed by atoms with Crippen LogP contribution in [0.5, 0.6) is 0 Å². The third-order valence-electron chi connectivity index (χ3n) is 5.01. The van der Waals surface area contributed by atoms with Crippen LogP contribution in [0.1, 0.15) is 40.7 Å². The SMILES string of the molecule is O=C1CN=C(c2ccc(N3CCCCC3)c([N+](=O)[O-])c2)c2ccccc21. The minimum atomic E-state index is -0.326. The molecule has 132 valence electrons. The number of ketones is 1. The van der Waals surface area contributed by atoms with Gasteiger partial charge in [-0.25, -0.2) is 0 Å². The molecule has 2 aliphatic rings. The lowest BCUT2D eigenvalue weighted by Crippen LogP contribution is -2.30. The average molecular weight is 349 g/mol. The Labute approximate surface area is 151 Å². The van der Waals surface area contributed by atoms with E-state index in [0.717, 1.165) is 31.5 Å². The van der Waals surface area contributed by atoms with Crippen molar-refractivity contribution >= 4 is 22.9 Å². The van der Waals surface area contributed by atoms with Crippen molar-refractivity contribution in [1.82, 2.24) is 0 Å². The van der Waals surface area contributed by atoms with Gasteiger partial charge in [-0.2, -0.15) is 0 Å². The van der Waals surface area contributed by atoms with Gasteiger partial charge in [0.05, 0.1) is 10.6 Å². The van der Waals surface area contributed by atoms with Gasteiger partial charge in [-0.05, 0) is 25.3 Å². The summed E-state index contributed by atoms with van der Waals surface area (Å²) in [5, 5.41) is 11.7. The van der Waals surface area contributed by atoms with Gasteiger partial charge in [0.2, 0.25) is 0 Å². The van der Waals surface area contributed by atoms with Crippen LogP contribution in [-0.2, 0) is 0 Å². The first-order chi connectivity index (χ1) is 12.6. The number of carbonyl (C=O) groups excluding carboxylic acids is 1. The molecule has 0 amide bonds. The molecule has 26 heavy (non-hydrogen) atoms. The van der Waals surface area contributed by atoms with Crippen LogP contribution in [0.25, 0.3) is 0 Å². The number of carbonyl (C=O) groups is 1. The Hall–Kier alpha value is -3.02. The molecule has 2 aliphatic heterocycles. The van der Waals surface area contributed by atoms with E-state index in [0.29, 0.717) is 22.5 Å². The van der Waals surface area contributed by atoms with Crippen molar-refractivity contribution in [2.45, 2.75) is 19.3 Å². The Morgan fingerprint density at radius 3 is 2.46 bits per heavy atom. The fourth-order valence-electron chi connectivity index (χ4n) is 3.72. The van der Waals surface area contributed by atoms with Gasteiger partial charge in [0.25, 0.3) is 5.69 Å². The number of Topliss-reactive ketones (excluding diaryl/α,β-unsaturated/α-hetero) is 1. The highest BCUT2D eigenvalue weighted by molar-refractivity contribution is 6.22. The topological polar surface area (TPSA) is 75.8 Å². The molecule has 0 atom stereocenters. The zero-order valence-electron chi connectivity index (χ0n) is 14.4. The number of aliphatic imine (C=N–C) groups is 1. The van der Waals surface area contributed by atoms with Crippen LogP contribution in [0.2, 0.25) is 0 Å². The van der Waals surface area contributed by atoms with E-state index in [1.807, 2.05) is 30.3 Å². The van der Waals surface area contributed by atoms with E-state index < -0.39 is 0 Å². The number of fused-ring (bicyclic) bond motifs is 1. The minimum absolute atomic E-state index is 0.0243. The van der Waals surface area contributed by atoms with Crippen molar-refractivity contribution < 1.29 is 9.72 Å². The fraction of sp³-hybridized carbons (Fsp3) is 0.300. The van der Waals surface area contributed by atoms with Crippen LogP contribution >= 0.6 is 0 Å². The second-order valence-electron chi connectivity index (χ2n) is 6.64. The third kappa shape index (κ3) is 2.87. The van der Waals surface area contributed by atoms with Crippen molar-refractivity contribution in [2.75, 3.05) is 24.5 Å². The van der Waals surface area contributed by atoms with Gasteiger partial charge in [0.15, 0.2) is 5.78 Å². The molecule has 0 saturated carbocycles. The predicted octanol–water partition coefficient (Wildman–Crippen LogP) is 3.62. The van der Waals surface area contributed by atoms with E-state index in [-0.39, 0.29) is 22.9 Å². The van der Waals surface area contributed by atoms with Crippen molar-refractivity contribution in [2.24, 2.45) is 4.99 Å². The van der Waals surface area contributed by atoms with Crippen LogP contribution in [0.3, 0.4) is 0 Å². The maximum atomic E-state index is 12.1. The summed E-state index contributed by atoms with van der Waals surface area (Å²) in [7, 11) is 0. The van der Waals surface area contributed by atoms with E-state index >= 15 is 0 Å². The molecule has 0 aromatic heterocycles. The first-order valence-electron chi connectivity index (χ1n) is 8.86. The van der Waals surface area contributed by atoms with Gasteiger partial charge in [-0.1, -0.05) is 30.3 Å². The fourth-order valence-corrected chi connectivity index (χ4v) is 3.72. The molecule has 0 N–H and O–H groups in total. The average Bonchev–Trinajstić information content (AvgIpc) is 2.69.